The lowest BCUT2D eigenvalue weighted by Gasteiger charge is -2.30. The zero-order valence-electron chi connectivity index (χ0n) is 11.4. The first-order chi connectivity index (χ1) is 8.17. The van der Waals surface area contributed by atoms with E-state index in [0.29, 0.717) is 0 Å². The maximum Gasteiger partial charge on any atom is 0.309 e. The highest BCUT2D eigenvalue weighted by Gasteiger charge is 2.19. The van der Waals surface area contributed by atoms with E-state index in [0.717, 1.165) is 25.4 Å². The van der Waals surface area contributed by atoms with Gasteiger partial charge in [0.25, 0.3) is 0 Å². The van der Waals surface area contributed by atoms with Crippen LogP contribution in [-0.4, -0.2) is 51.2 Å². The van der Waals surface area contributed by atoms with E-state index >= 15 is 0 Å². The van der Waals surface area contributed by atoms with Crippen LogP contribution in [0.4, 0.5) is 0 Å². The van der Waals surface area contributed by atoms with Crippen LogP contribution in [0.3, 0.4) is 0 Å². The van der Waals surface area contributed by atoms with Crippen molar-refractivity contribution in [3.05, 3.63) is 0 Å². The molecule has 0 saturated carbocycles. The Labute approximate surface area is 105 Å². The molecule has 0 bridgehead atoms. The second-order valence-electron chi connectivity index (χ2n) is 5.06. The van der Waals surface area contributed by atoms with Gasteiger partial charge in [-0.3, -0.25) is 4.79 Å². The molecule has 0 aromatic rings. The molecule has 1 aliphatic rings. The molecule has 2 unspecified atom stereocenters. The zero-order valence-corrected chi connectivity index (χ0v) is 11.4. The van der Waals surface area contributed by atoms with Crippen molar-refractivity contribution >= 4 is 5.97 Å². The molecule has 0 aromatic heterocycles. The Balaban J connectivity index is 2.19. The summed E-state index contributed by atoms with van der Waals surface area (Å²) in [6.07, 6.45) is 3.42. The minimum atomic E-state index is -0.0965. The number of carbonyl (C=O) groups is 1. The number of methoxy groups -OCH3 is 1. The standard InChI is InChI=1S/C13H26N2O2/c1-4-12(13(16)17-3)9-14-8-11-6-5-7-15(2)10-11/h11-12,14H,4-10H2,1-3H3. The highest BCUT2D eigenvalue weighted by molar-refractivity contribution is 5.72. The van der Waals surface area contributed by atoms with E-state index in [1.54, 1.807) is 0 Å². The number of esters is 1. The average molecular weight is 242 g/mol. The SMILES string of the molecule is CCC(CNCC1CCCN(C)C1)C(=O)OC. The maximum atomic E-state index is 11.4. The minimum Gasteiger partial charge on any atom is -0.469 e. The van der Waals surface area contributed by atoms with Crippen LogP contribution in [0.5, 0.6) is 0 Å². The Morgan fingerprint density at radius 2 is 2.35 bits per heavy atom. The number of rotatable bonds is 6. The summed E-state index contributed by atoms with van der Waals surface area (Å²) in [5.74, 6) is 0.631. The summed E-state index contributed by atoms with van der Waals surface area (Å²) in [6, 6.07) is 0. The van der Waals surface area contributed by atoms with Crippen molar-refractivity contribution in [2.75, 3.05) is 40.3 Å². The smallest absolute Gasteiger partial charge is 0.309 e. The van der Waals surface area contributed by atoms with Gasteiger partial charge in [-0.15, -0.1) is 0 Å². The van der Waals surface area contributed by atoms with Gasteiger partial charge in [-0.25, -0.2) is 0 Å². The first-order valence-electron chi connectivity index (χ1n) is 6.64. The van der Waals surface area contributed by atoms with Crippen LogP contribution in [0.25, 0.3) is 0 Å². The van der Waals surface area contributed by atoms with E-state index in [1.807, 2.05) is 6.92 Å². The van der Waals surface area contributed by atoms with Crippen molar-refractivity contribution in [1.82, 2.24) is 10.2 Å². The first-order valence-corrected chi connectivity index (χ1v) is 6.64. The monoisotopic (exact) mass is 242 g/mol. The minimum absolute atomic E-state index is 0.00122. The molecule has 0 amide bonds. The van der Waals surface area contributed by atoms with Gasteiger partial charge in [-0.2, -0.15) is 0 Å². The molecular formula is C13H26N2O2. The van der Waals surface area contributed by atoms with Crippen molar-refractivity contribution in [3.8, 4) is 0 Å². The second-order valence-corrected chi connectivity index (χ2v) is 5.06. The number of nitrogens with one attached hydrogen (secondary N) is 1. The van der Waals surface area contributed by atoms with E-state index in [1.165, 1.54) is 33.0 Å². The fraction of sp³-hybridized carbons (Fsp3) is 0.923. The van der Waals surface area contributed by atoms with Gasteiger partial charge in [0.15, 0.2) is 0 Å². The predicted molar refractivity (Wildman–Crippen MR) is 68.9 cm³/mol. The molecule has 1 fully saturated rings. The number of piperidine rings is 1. The number of likely N-dealkylation sites (tertiary alicyclic amines) is 1. The molecule has 0 spiro atoms. The molecular weight excluding hydrogens is 216 g/mol. The van der Waals surface area contributed by atoms with Crippen LogP contribution in [0.15, 0.2) is 0 Å². The zero-order chi connectivity index (χ0) is 12.7. The van der Waals surface area contributed by atoms with Gasteiger partial charge in [-0.05, 0) is 45.3 Å². The number of nitrogens with zero attached hydrogens (tertiary/aromatic N) is 1. The van der Waals surface area contributed by atoms with Gasteiger partial charge < -0.3 is 15.0 Å². The topological polar surface area (TPSA) is 41.6 Å². The van der Waals surface area contributed by atoms with Crippen molar-refractivity contribution in [1.29, 1.82) is 0 Å². The van der Waals surface area contributed by atoms with E-state index in [-0.39, 0.29) is 11.9 Å². The summed E-state index contributed by atoms with van der Waals surface area (Å²) >= 11 is 0. The van der Waals surface area contributed by atoms with E-state index in [2.05, 4.69) is 17.3 Å². The highest BCUT2D eigenvalue weighted by atomic mass is 16.5. The van der Waals surface area contributed by atoms with Crippen molar-refractivity contribution < 1.29 is 9.53 Å². The van der Waals surface area contributed by atoms with Crippen LogP contribution in [0.1, 0.15) is 26.2 Å². The molecule has 2 atom stereocenters. The van der Waals surface area contributed by atoms with Crippen molar-refractivity contribution in [2.45, 2.75) is 26.2 Å². The van der Waals surface area contributed by atoms with Crippen LogP contribution >= 0.6 is 0 Å². The molecule has 17 heavy (non-hydrogen) atoms. The van der Waals surface area contributed by atoms with Gasteiger partial charge in [0, 0.05) is 13.1 Å². The third-order valence-electron chi connectivity index (χ3n) is 3.57. The van der Waals surface area contributed by atoms with E-state index in [4.69, 9.17) is 4.74 Å². The number of carbonyl (C=O) groups excluding carboxylic acids is 1. The summed E-state index contributed by atoms with van der Waals surface area (Å²) in [5, 5.41) is 3.41. The van der Waals surface area contributed by atoms with Crippen LogP contribution in [-0.2, 0) is 9.53 Å². The maximum absolute atomic E-state index is 11.4. The molecule has 1 saturated heterocycles. The Morgan fingerprint density at radius 1 is 1.59 bits per heavy atom. The number of hydrogen-bond acceptors (Lipinski definition) is 4. The van der Waals surface area contributed by atoms with Crippen LogP contribution in [0, 0.1) is 11.8 Å². The van der Waals surface area contributed by atoms with Gasteiger partial charge in [0.1, 0.15) is 0 Å². The molecule has 1 N–H and O–H groups in total. The Kier molecular flexibility index (Phi) is 6.52. The predicted octanol–water partition coefficient (Wildman–Crippen LogP) is 1.12. The fourth-order valence-electron chi connectivity index (χ4n) is 2.46. The molecule has 100 valence electrons. The lowest BCUT2D eigenvalue weighted by atomic mass is 9.98. The lowest BCUT2D eigenvalue weighted by Crippen LogP contribution is -2.39. The van der Waals surface area contributed by atoms with Gasteiger partial charge in [0.05, 0.1) is 13.0 Å². The molecule has 0 aromatic carbocycles. The molecule has 0 aliphatic carbocycles. The van der Waals surface area contributed by atoms with E-state index < -0.39 is 0 Å². The molecule has 4 nitrogen and oxygen atoms in total. The Morgan fingerprint density at radius 3 is 2.94 bits per heavy atom. The number of hydrogen-bond donors (Lipinski definition) is 1. The normalized spacial score (nSPS) is 23.4. The quantitative estimate of drug-likeness (QED) is 0.709. The van der Waals surface area contributed by atoms with Crippen LogP contribution in [0.2, 0.25) is 0 Å². The van der Waals surface area contributed by atoms with Crippen LogP contribution < -0.4 is 5.32 Å². The molecule has 1 rings (SSSR count). The summed E-state index contributed by atoms with van der Waals surface area (Å²) in [4.78, 5) is 13.8. The van der Waals surface area contributed by atoms with Crippen molar-refractivity contribution in [2.24, 2.45) is 11.8 Å². The third-order valence-corrected chi connectivity index (χ3v) is 3.57. The summed E-state index contributed by atoms with van der Waals surface area (Å²) < 4.78 is 4.78. The summed E-state index contributed by atoms with van der Waals surface area (Å²) in [5.41, 5.74) is 0. The second kappa shape index (κ2) is 7.67. The first kappa shape index (κ1) is 14.5. The molecule has 0 radical (unpaired) electrons. The molecule has 1 aliphatic heterocycles. The average Bonchev–Trinajstić information content (AvgIpc) is 2.34. The van der Waals surface area contributed by atoms with Crippen molar-refractivity contribution in [3.63, 3.8) is 0 Å². The Hall–Kier alpha value is -0.610. The van der Waals surface area contributed by atoms with Gasteiger partial charge >= 0.3 is 5.97 Å². The summed E-state index contributed by atoms with van der Waals surface area (Å²) in [6.45, 7) is 6.16. The Bertz CT molecular complexity index is 233. The summed E-state index contributed by atoms with van der Waals surface area (Å²) in [7, 11) is 3.64. The van der Waals surface area contributed by atoms with Gasteiger partial charge in [-0.1, -0.05) is 6.92 Å². The van der Waals surface area contributed by atoms with Gasteiger partial charge in [0.2, 0.25) is 0 Å². The largest absolute Gasteiger partial charge is 0.469 e. The molecule has 1 heterocycles. The number of ether oxygens (including phenoxy) is 1. The lowest BCUT2D eigenvalue weighted by molar-refractivity contribution is -0.145. The highest BCUT2D eigenvalue weighted by Crippen LogP contribution is 2.14. The fourth-order valence-corrected chi connectivity index (χ4v) is 2.46. The third kappa shape index (κ3) is 5.04. The van der Waals surface area contributed by atoms with E-state index in [9.17, 15) is 4.79 Å². The molecule has 4 heteroatoms.